The number of imidazole rings is 1. The Labute approximate surface area is 144 Å². The zero-order valence-electron chi connectivity index (χ0n) is 14.1. The number of carbonyl (C=O) groups is 1. The van der Waals surface area contributed by atoms with Gasteiger partial charge in [-0.2, -0.15) is 5.10 Å². The van der Waals surface area contributed by atoms with Crippen molar-refractivity contribution in [3.63, 3.8) is 0 Å². The van der Waals surface area contributed by atoms with Gasteiger partial charge in [0.15, 0.2) is 5.82 Å². The number of benzene rings is 1. The van der Waals surface area contributed by atoms with Crippen LogP contribution in [-0.4, -0.2) is 25.7 Å². The van der Waals surface area contributed by atoms with Gasteiger partial charge < -0.3 is 10.3 Å². The lowest BCUT2D eigenvalue weighted by Gasteiger charge is -2.11. The Morgan fingerprint density at radius 3 is 2.84 bits per heavy atom. The molecule has 0 saturated heterocycles. The molecule has 1 aliphatic carbocycles. The molecule has 7 heteroatoms. The summed E-state index contributed by atoms with van der Waals surface area (Å²) in [5.74, 6) is 0.254. The van der Waals surface area contributed by atoms with E-state index in [-0.39, 0.29) is 17.6 Å². The summed E-state index contributed by atoms with van der Waals surface area (Å²) < 4.78 is 1.84. The molecular formula is C18H21N5O2. The van der Waals surface area contributed by atoms with Crippen LogP contribution in [-0.2, 0) is 6.42 Å². The van der Waals surface area contributed by atoms with E-state index in [0.717, 1.165) is 43.3 Å². The summed E-state index contributed by atoms with van der Waals surface area (Å²) in [5.41, 5.74) is 2.92. The average Bonchev–Trinajstić information content (AvgIpc) is 3.32. The molecule has 1 saturated carbocycles. The Hall–Kier alpha value is -2.83. The SMILES string of the molecule is CCc1cc(NC(=O)c2ccc3c(c2)[nH]c(=O)n3C2CCCC2)n[nH]1. The zero-order valence-corrected chi connectivity index (χ0v) is 14.1. The molecule has 2 heterocycles. The molecule has 1 aliphatic rings. The summed E-state index contributed by atoms with van der Waals surface area (Å²) in [6, 6.07) is 7.41. The van der Waals surface area contributed by atoms with E-state index in [1.807, 2.05) is 23.6 Å². The number of aromatic amines is 2. The number of nitrogens with one attached hydrogen (secondary N) is 3. The van der Waals surface area contributed by atoms with Gasteiger partial charge in [-0.3, -0.25) is 14.5 Å². The van der Waals surface area contributed by atoms with Gasteiger partial charge in [0, 0.05) is 23.4 Å². The molecule has 1 amide bonds. The average molecular weight is 339 g/mol. The third-order valence-electron chi connectivity index (χ3n) is 4.92. The first-order valence-corrected chi connectivity index (χ1v) is 8.75. The van der Waals surface area contributed by atoms with Gasteiger partial charge in [0.1, 0.15) is 0 Å². The summed E-state index contributed by atoms with van der Waals surface area (Å²) in [6.07, 6.45) is 5.22. The second kappa shape index (κ2) is 6.23. The fourth-order valence-corrected chi connectivity index (χ4v) is 3.59. The van der Waals surface area contributed by atoms with Crippen molar-refractivity contribution in [1.29, 1.82) is 0 Å². The highest BCUT2D eigenvalue weighted by atomic mass is 16.2. The number of aromatic nitrogens is 4. The largest absolute Gasteiger partial charge is 0.326 e. The number of hydrogen-bond donors (Lipinski definition) is 3. The Morgan fingerprint density at radius 1 is 1.32 bits per heavy atom. The summed E-state index contributed by atoms with van der Waals surface area (Å²) in [7, 11) is 0. The Kier molecular flexibility index (Phi) is 3.91. The summed E-state index contributed by atoms with van der Waals surface area (Å²) in [6.45, 7) is 2.01. The molecule has 3 N–H and O–H groups in total. The molecule has 130 valence electrons. The van der Waals surface area contributed by atoms with Crippen molar-refractivity contribution in [1.82, 2.24) is 19.7 Å². The van der Waals surface area contributed by atoms with E-state index in [0.29, 0.717) is 16.9 Å². The van der Waals surface area contributed by atoms with Gasteiger partial charge >= 0.3 is 5.69 Å². The highest BCUT2D eigenvalue weighted by molar-refractivity contribution is 6.05. The maximum atomic E-state index is 12.4. The Bertz CT molecular complexity index is 975. The van der Waals surface area contributed by atoms with Crippen molar-refractivity contribution in [2.75, 3.05) is 5.32 Å². The van der Waals surface area contributed by atoms with Crippen molar-refractivity contribution in [3.05, 3.63) is 46.0 Å². The molecule has 25 heavy (non-hydrogen) atoms. The van der Waals surface area contributed by atoms with Gasteiger partial charge in [0.2, 0.25) is 0 Å². The number of H-pyrrole nitrogens is 2. The van der Waals surface area contributed by atoms with Crippen molar-refractivity contribution < 1.29 is 4.79 Å². The Balaban J connectivity index is 1.62. The van der Waals surface area contributed by atoms with Crippen LogP contribution in [0.1, 0.15) is 54.7 Å². The molecule has 0 atom stereocenters. The van der Waals surface area contributed by atoms with Crippen LogP contribution in [0.25, 0.3) is 11.0 Å². The number of amides is 1. The molecule has 7 nitrogen and oxygen atoms in total. The second-order valence-electron chi connectivity index (χ2n) is 6.56. The number of anilines is 1. The van der Waals surface area contributed by atoms with E-state index >= 15 is 0 Å². The van der Waals surface area contributed by atoms with Crippen molar-refractivity contribution in [2.45, 2.75) is 45.1 Å². The van der Waals surface area contributed by atoms with Crippen LogP contribution in [0.4, 0.5) is 5.82 Å². The second-order valence-corrected chi connectivity index (χ2v) is 6.56. The molecule has 1 aromatic carbocycles. The van der Waals surface area contributed by atoms with E-state index in [4.69, 9.17) is 0 Å². The monoisotopic (exact) mass is 339 g/mol. The number of carbonyl (C=O) groups excluding carboxylic acids is 1. The van der Waals surface area contributed by atoms with E-state index in [1.54, 1.807) is 12.1 Å². The van der Waals surface area contributed by atoms with Crippen LogP contribution in [0, 0.1) is 0 Å². The van der Waals surface area contributed by atoms with Crippen LogP contribution in [0.15, 0.2) is 29.1 Å². The molecule has 0 aliphatic heterocycles. The van der Waals surface area contributed by atoms with Crippen LogP contribution in [0.3, 0.4) is 0 Å². The minimum Gasteiger partial charge on any atom is -0.306 e. The predicted octanol–water partition coefficient (Wildman–Crippen LogP) is 2.98. The standard InChI is InChI=1S/C18H21N5O2/c1-2-12-10-16(22-21-12)20-17(24)11-7-8-15-14(9-11)19-18(25)23(15)13-5-3-4-6-13/h7-10,13H,2-6H2,1H3,(H,19,25)(H2,20,21,22,24). The van der Waals surface area contributed by atoms with Gasteiger partial charge in [-0.05, 0) is 37.5 Å². The normalized spacial score (nSPS) is 15.1. The molecule has 0 radical (unpaired) electrons. The highest BCUT2D eigenvalue weighted by Gasteiger charge is 2.21. The molecule has 0 unspecified atom stereocenters. The van der Waals surface area contributed by atoms with Gasteiger partial charge in [0.25, 0.3) is 5.91 Å². The lowest BCUT2D eigenvalue weighted by molar-refractivity contribution is 0.102. The minimum absolute atomic E-state index is 0.0978. The van der Waals surface area contributed by atoms with Crippen LogP contribution in [0.5, 0.6) is 0 Å². The van der Waals surface area contributed by atoms with E-state index < -0.39 is 0 Å². The smallest absolute Gasteiger partial charge is 0.306 e. The minimum atomic E-state index is -0.245. The molecule has 2 aromatic heterocycles. The number of nitrogens with zero attached hydrogens (tertiary/aromatic N) is 2. The van der Waals surface area contributed by atoms with Crippen molar-refractivity contribution >= 4 is 22.8 Å². The van der Waals surface area contributed by atoms with Crippen molar-refractivity contribution in [2.24, 2.45) is 0 Å². The third kappa shape index (κ3) is 2.86. The molecule has 3 aromatic rings. The molecule has 0 bridgehead atoms. The first-order valence-electron chi connectivity index (χ1n) is 8.75. The van der Waals surface area contributed by atoms with Gasteiger partial charge in [-0.15, -0.1) is 0 Å². The molecular weight excluding hydrogens is 318 g/mol. The number of hydrogen-bond acceptors (Lipinski definition) is 3. The highest BCUT2D eigenvalue weighted by Crippen LogP contribution is 2.30. The molecule has 0 spiro atoms. The topological polar surface area (TPSA) is 95.6 Å². The maximum absolute atomic E-state index is 12.4. The summed E-state index contributed by atoms with van der Waals surface area (Å²) >= 11 is 0. The van der Waals surface area contributed by atoms with Crippen LogP contribution < -0.4 is 11.0 Å². The maximum Gasteiger partial charge on any atom is 0.326 e. The molecule has 4 rings (SSSR count). The lowest BCUT2D eigenvalue weighted by atomic mass is 10.1. The fourth-order valence-electron chi connectivity index (χ4n) is 3.59. The fraction of sp³-hybridized carbons (Fsp3) is 0.389. The van der Waals surface area contributed by atoms with E-state index in [1.165, 1.54) is 0 Å². The van der Waals surface area contributed by atoms with Gasteiger partial charge in [0.05, 0.1) is 11.0 Å². The summed E-state index contributed by atoms with van der Waals surface area (Å²) in [4.78, 5) is 27.6. The summed E-state index contributed by atoms with van der Waals surface area (Å²) in [5, 5.41) is 9.71. The van der Waals surface area contributed by atoms with Crippen LogP contribution in [0.2, 0.25) is 0 Å². The zero-order chi connectivity index (χ0) is 17.4. The first kappa shape index (κ1) is 15.7. The number of aryl methyl sites for hydroxylation is 1. The first-order chi connectivity index (χ1) is 12.2. The predicted molar refractivity (Wildman–Crippen MR) is 96.0 cm³/mol. The van der Waals surface area contributed by atoms with Gasteiger partial charge in [-0.25, -0.2) is 4.79 Å². The van der Waals surface area contributed by atoms with E-state index in [9.17, 15) is 9.59 Å². The van der Waals surface area contributed by atoms with Gasteiger partial charge in [-0.1, -0.05) is 19.8 Å². The molecule has 1 fully saturated rings. The lowest BCUT2D eigenvalue weighted by Crippen LogP contribution is -2.20. The number of fused-ring (bicyclic) bond motifs is 1. The quantitative estimate of drug-likeness (QED) is 0.682. The van der Waals surface area contributed by atoms with Crippen LogP contribution >= 0.6 is 0 Å². The van der Waals surface area contributed by atoms with Crippen molar-refractivity contribution in [3.8, 4) is 0 Å². The number of rotatable bonds is 4. The van der Waals surface area contributed by atoms with E-state index in [2.05, 4.69) is 20.5 Å². The third-order valence-corrected chi connectivity index (χ3v) is 4.92. The Morgan fingerprint density at radius 2 is 2.12 bits per heavy atom.